The Balaban J connectivity index is 1.44. The molecule has 2 aromatic carbocycles. The second kappa shape index (κ2) is 6.46. The summed E-state index contributed by atoms with van der Waals surface area (Å²) in [5.41, 5.74) is 4.32. The first-order valence-corrected chi connectivity index (χ1v) is 9.44. The number of hydrogen-bond donors (Lipinski definition) is 1. The maximum Gasteiger partial charge on any atom is 0.231 e. The van der Waals surface area contributed by atoms with E-state index in [1.165, 1.54) is 5.69 Å². The molecule has 1 saturated heterocycles. The highest BCUT2D eigenvalue weighted by Gasteiger charge is 2.30. The SMILES string of the molecule is CN1CCN(c2ccc(C3CC(=O)Nc4cc5c(cc43)OCO5)cc2)CC1. The summed E-state index contributed by atoms with van der Waals surface area (Å²) in [5, 5.41) is 2.97. The third kappa shape index (κ3) is 3.00. The van der Waals surface area contributed by atoms with Crippen LogP contribution >= 0.6 is 0 Å². The predicted molar refractivity (Wildman–Crippen MR) is 104 cm³/mol. The number of piperazine rings is 1. The summed E-state index contributed by atoms with van der Waals surface area (Å²) < 4.78 is 11.0. The van der Waals surface area contributed by atoms with Gasteiger partial charge in [0.05, 0.1) is 0 Å². The molecule has 0 bridgehead atoms. The molecule has 1 N–H and O–H groups in total. The Morgan fingerprint density at radius 1 is 1.00 bits per heavy atom. The second-order valence-electron chi connectivity index (χ2n) is 7.48. The number of anilines is 2. The van der Waals surface area contributed by atoms with Gasteiger partial charge in [0.2, 0.25) is 12.7 Å². The van der Waals surface area contributed by atoms with Gasteiger partial charge in [0, 0.05) is 56.0 Å². The molecule has 3 aliphatic heterocycles. The molecule has 1 fully saturated rings. The number of ether oxygens (including phenoxy) is 2. The normalized spacial score (nSPS) is 21.7. The summed E-state index contributed by atoms with van der Waals surface area (Å²) in [5.74, 6) is 1.52. The Morgan fingerprint density at radius 2 is 1.70 bits per heavy atom. The van der Waals surface area contributed by atoms with E-state index in [0.29, 0.717) is 12.2 Å². The molecule has 1 atom stereocenters. The number of nitrogens with zero attached hydrogens (tertiary/aromatic N) is 2. The molecule has 0 radical (unpaired) electrons. The standard InChI is InChI=1S/C21H23N3O3/c1-23-6-8-24(9-7-23)15-4-2-14(3-5-15)16-11-21(25)22-18-12-20-19(10-17(16)18)26-13-27-20/h2-5,10,12,16H,6-9,11,13H2,1H3,(H,22,25). The van der Waals surface area contributed by atoms with Gasteiger partial charge in [-0.25, -0.2) is 0 Å². The highest BCUT2D eigenvalue weighted by Crippen LogP contribution is 2.44. The Hall–Kier alpha value is -2.73. The van der Waals surface area contributed by atoms with Gasteiger partial charge >= 0.3 is 0 Å². The Morgan fingerprint density at radius 3 is 2.44 bits per heavy atom. The number of nitrogens with one attached hydrogen (secondary N) is 1. The van der Waals surface area contributed by atoms with Gasteiger partial charge in [0.15, 0.2) is 11.5 Å². The number of carbonyl (C=O) groups is 1. The van der Waals surface area contributed by atoms with Crippen molar-refractivity contribution in [3.05, 3.63) is 47.5 Å². The molecule has 0 aromatic heterocycles. The van der Waals surface area contributed by atoms with Crippen molar-refractivity contribution in [3.8, 4) is 11.5 Å². The number of hydrogen-bond acceptors (Lipinski definition) is 5. The molecule has 6 nitrogen and oxygen atoms in total. The van der Waals surface area contributed by atoms with E-state index in [2.05, 4.69) is 46.4 Å². The smallest absolute Gasteiger partial charge is 0.231 e. The lowest BCUT2D eigenvalue weighted by atomic mass is 9.84. The predicted octanol–water partition coefficient (Wildman–Crippen LogP) is 2.64. The maximum absolute atomic E-state index is 12.3. The molecule has 27 heavy (non-hydrogen) atoms. The van der Waals surface area contributed by atoms with Gasteiger partial charge in [-0.3, -0.25) is 4.79 Å². The molecule has 3 heterocycles. The molecule has 0 spiro atoms. The van der Waals surface area contributed by atoms with Crippen LogP contribution in [0.4, 0.5) is 11.4 Å². The van der Waals surface area contributed by atoms with Gasteiger partial charge in [0.1, 0.15) is 0 Å². The summed E-state index contributed by atoms with van der Waals surface area (Å²) in [6.07, 6.45) is 0.445. The van der Waals surface area contributed by atoms with Crippen molar-refractivity contribution >= 4 is 17.3 Å². The van der Waals surface area contributed by atoms with Crippen molar-refractivity contribution in [2.45, 2.75) is 12.3 Å². The summed E-state index contributed by atoms with van der Waals surface area (Å²) in [4.78, 5) is 17.0. The van der Waals surface area contributed by atoms with Gasteiger partial charge in [-0.05, 0) is 36.4 Å². The van der Waals surface area contributed by atoms with Crippen molar-refractivity contribution in [3.63, 3.8) is 0 Å². The van der Waals surface area contributed by atoms with Crippen LogP contribution in [0.25, 0.3) is 0 Å². The van der Waals surface area contributed by atoms with Crippen molar-refractivity contribution in [1.82, 2.24) is 4.90 Å². The van der Waals surface area contributed by atoms with Crippen molar-refractivity contribution in [1.29, 1.82) is 0 Å². The monoisotopic (exact) mass is 365 g/mol. The van der Waals surface area contributed by atoms with Crippen LogP contribution in [0.1, 0.15) is 23.5 Å². The number of fused-ring (bicyclic) bond motifs is 2. The van der Waals surface area contributed by atoms with E-state index in [4.69, 9.17) is 9.47 Å². The maximum atomic E-state index is 12.3. The largest absolute Gasteiger partial charge is 0.454 e. The first kappa shape index (κ1) is 16.4. The molecule has 140 valence electrons. The van der Waals surface area contributed by atoms with Crippen LogP contribution in [0.3, 0.4) is 0 Å². The minimum absolute atomic E-state index is 0.0322. The third-order valence-electron chi connectivity index (χ3n) is 5.75. The number of amides is 1. The molecular formula is C21H23N3O3. The lowest BCUT2D eigenvalue weighted by Gasteiger charge is -2.34. The fourth-order valence-corrected chi connectivity index (χ4v) is 4.13. The lowest BCUT2D eigenvalue weighted by molar-refractivity contribution is -0.116. The fraction of sp³-hybridized carbons (Fsp3) is 0.381. The van der Waals surface area contributed by atoms with Gasteiger partial charge in [-0.15, -0.1) is 0 Å². The highest BCUT2D eigenvalue weighted by atomic mass is 16.7. The Kier molecular flexibility index (Phi) is 3.93. The number of rotatable bonds is 2. The van der Waals surface area contributed by atoms with E-state index in [1.807, 2.05) is 12.1 Å². The lowest BCUT2D eigenvalue weighted by Crippen LogP contribution is -2.44. The minimum Gasteiger partial charge on any atom is -0.454 e. The van der Waals surface area contributed by atoms with E-state index >= 15 is 0 Å². The van der Waals surface area contributed by atoms with Gasteiger partial charge in [-0.2, -0.15) is 0 Å². The zero-order valence-electron chi connectivity index (χ0n) is 15.4. The summed E-state index contributed by atoms with van der Waals surface area (Å²) >= 11 is 0. The van der Waals surface area contributed by atoms with Gasteiger partial charge in [-0.1, -0.05) is 12.1 Å². The Labute approximate surface area is 158 Å². The van der Waals surface area contributed by atoms with Crippen molar-refractivity contribution < 1.29 is 14.3 Å². The zero-order valence-corrected chi connectivity index (χ0v) is 15.4. The number of likely N-dealkylation sites (N-methyl/N-ethyl adjacent to an activating group) is 1. The van der Waals surface area contributed by atoms with Crippen LogP contribution in [0.5, 0.6) is 11.5 Å². The average molecular weight is 365 g/mol. The molecule has 3 aliphatic rings. The van der Waals surface area contributed by atoms with E-state index in [1.54, 1.807) is 0 Å². The molecule has 0 aliphatic carbocycles. The first-order chi connectivity index (χ1) is 13.2. The first-order valence-electron chi connectivity index (χ1n) is 9.44. The molecule has 5 rings (SSSR count). The third-order valence-corrected chi connectivity index (χ3v) is 5.75. The van der Waals surface area contributed by atoms with Crippen LogP contribution in [0.15, 0.2) is 36.4 Å². The Bertz CT molecular complexity index is 873. The zero-order chi connectivity index (χ0) is 18.4. The van der Waals surface area contributed by atoms with Crippen molar-refractivity contribution in [2.24, 2.45) is 0 Å². The van der Waals surface area contributed by atoms with Crippen LogP contribution in [0, 0.1) is 0 Å². The quantitative estimate of drug-likeness (QED) is 0.887. The fourth-order valence-electron chi connectivity index (χ4n) is 4.13. The average Bonchev–Trinajstić information content (AvgIpc) is 3.14. The van der Waals surface area contributed by atoms with Crippen molar-refractivity contribution in [2.75, 3.05) is 50.2 Å². The van der Waals surface area contributed by atoms with E-state index in [0.717, 1.165) is 48.7 Å². The van der Waals surface area contributed by atoms with Gasteiger partial charge in [0.25, 0.3) is 0 Å². The number of benzene rings is 2. The van der Waals surface area contributed by atoms with Crippen LogP contribution < -0.4 is 19.7 Å². The number of carbonyl (C=O) groups excluding carboxylic acids is 1. The van der Waals surface area contributed by atoms with Gasteiger partial charge < -0.3 is 24.6 Å². The molecule has 2 aromatic rings. The van der Waals surface area contributed by atoms with E-state index in [-0.39, 0.29) is 18.6 Å². The van der Waals surface area contributed by atoms with E-state index < -0.39 is 0 Å². The van der Waals surface area contributed by atoms with Crippen LogP contribution in [0.2, 0.25) is 0 Å². The summed E-state index contributed by atoms with van der Waals surface area (Å²) in [6.45, 7) is 4.51. The second-order valence-corrected chi connectivity index (χ2v) is 7.48. The van der Waals surface area contributed by atoms with E-state index in [9.17, 15) is 4.79 Å². The molecule has 1 unspecified atom stereocenters. The molecule has 0 saturated carbocycles. The summed E-state index contributed by atoms with van der Waals surface area (Å²) in [7, 11) is 2.16. The molecular weight excluding hydrogens is 342 g/mol. The summed E-state index contributed by atoms with van der Waals surface area (Å²) in [6, 6.07) is 12.6. The minimum atomic E-state index is 0.0322. The highest BCUT2D eigenvalue weighted by molar-refractivity contribution is 5.96. The van der Waals surface area contributed by atoms with Crippen LogP contribution in [-0.2, 0) is 4.79 Å². The molecule has 1 amide bonds. The van der Waals surface area contributed by atoms with Crippen LogP contribution in [-0.4, -0.2) is 50.8 Å². The topological polar surface area (TPSA) is 54.0 Å². The molecule has 6 heteroatoms.